The number of ether oxygens (including phenoxy) is 8. The number of benzene rings is 4. The molecule has 0 aliphatic carbocycles. The zero-order chi connectivity index (χ0) is 79.3. The predicted molar refractivity (Wildman–Crippen MR) is 386 cm³/mol. The van der Waals surface area contributed by atoms with Crippen LogP contribution in [0, 0.1) is 75.0 Å². The van der Waals surface area contributed by atoms with E-state index >= 15 is 0 Å². The van der Waals surface area contributed by atoms with E-state index in [-0.39, 0.29) is 53.3 Å². The van der Waals surface area contributed by atoms with Gasteiger partial charge in [-0.15, -0.1) is 0 Å². The molecule has 4 N–H and O–H groups in total. The summed E-state index contributed by atoms with van der Waals surface area (Å²) in [7, 11) is -19.8. The highest BCUT2D eigenvalue weighted by Crippen LogP contribution is 2.52. The van der Waals surface area contributed by atoms with Gasteiger partial charge in [0.05, 0.1) is 70.7 Å². The number of carbonyl (C=O) groups excluding carboxylic acids is 4. The topological polar surface area (TPSA) is 529 Å². The summed E-state index contributed by atoms with van der Waals surface area (Å²) in [6.07, 6.45) is 1.25. The van der Waals surface area contributed by atoms with Gasteiger partial charge in [-0.3, -0.25) is 55.5 Å². The Balaban J connectivity index is 0.000000264. The highest BCUT2D eigenvalue weighted by atomic mass is 31.2. The van der Waals surface area contributed by atoms with Gasteiger partial charge in [-0.1, -0.05) is 0 Å². The molecule has 4 aromatic rings. The lowest BCUT2D eigenvalue weighted by molar-refractivity contribution is -0.237. The SMILES string of the molecule is CC1(C)Oc2ccc(C#N)cc2[C@@H](N2CCCC2=O)[C@@H]1OCOP(=O)([O-])O.CC1(C)Oc2ccc(C#N)cc2[C@@H](N2CCCC2=O)[C@H]1OCOP(=O)([O-])O.CC1(C)Oc2ccc(C#N)cc2[C@H](N2CCCC2=O)[C@@H]1OCOP(=O)([O-])O.CC1(C)Oc2ccc(C#N)cc2[C@H](N2CCCC2=O)[C@H]1OCOP(=O)([O-])O.[CH3+].[CH3+].[CH3+].[CH3+]. The van der Waals surface area contributed by atoms with Crippen LogP contribution in [-0.4, -0.2) is 163 Å². The first-order valence-corrected chi connectivity index (χ1v) is 39.8. The van der Waals surface area contributed by atoms with Gasteiger partial charge < -0.3 is 96.6 Å². The van der Waals surface area contributed by atoms with Crippen molar-refractivity contribution in [3.8, 4) is 47.3 Å². The van der Waals surface area contributed by atoms with Crippen molar-refractivity contribution in [1.29, 1.82) is 21.0 Å². The Morgan fingerprint density at radius 1 is 0.375 bits per heavy atom. The van der Waals surface area contributed by atoms with Crippen LogP contribution in [0.2, 0.25) is 0 Å². The third kappa shape index (κ3) is 23.0. The molecule has 0 saturated carbocycles. The van der Waals surface area contributed by atoms with Gasteiger partial charge in [0.2, 0.25) is 23.6 Å². The van der Waals surface area contributed by atoms with Crippen molar-refractivity contribution in [3.05, 3.63) is 147 Å². The number of amides is 4. The van der Waals surface area contributed by atoms with Gasteiger partial charge in [0, 0.05) is 104 Å². The molecule has 4 unspecified atom stereocenters. The zero-order valence-corrected chi connectivity index (χ0v) is 67.4. The Bertz CT molecular complexity index is 3870. The molecule has 8 aliphatic heterocycles. The summed E-state index contributed by atoms with van der Waals surface area (Å²) in [6, 6.07) is 25.7. The Labute approximate surface area is 650 Å². The van der Waals surface area contributed by atoms with Crippen LogP contribution < -0.4 is 38.5 Å². The van der Waals surface area contributed by atoms with Gasteiger partial charge in [-0.25, -0.2) is 0 Å². The molecule has 4 fully saturated rings. The summed E-state index contributed by atoms with van der Waals surface area (Å²) in [5.74, 6) is 1.88. The van der Waals surface area contributed by atoms with Gasteiger partial charge in [0.15, 0.2) is 27.2 Å². The van der Waals surface area contributed by atoms with E-state index in [1.165, 1.54) is 0 Å². The Hall–Kier alpha value is -8.32. The highest BCUT2D eigenvalue weighted by Gasteiger charge is 2.54. The van der Waals surface area contributed by atoms with Crippen molar-refractivity contribution < 1.29 is 133 Å². The summed E-state index contributed by atoms with van der Waals surface area (Å²) >= 11 is 0. The maximum absolute atomic E-state index is 12.4. The number of rotatable bonds is 20. The maximum atomic E-state index is 12.4. The number of hydrogen-bond donors (Lipinski definition) is 4. The smallest absolute Gasteiger partial charge is 0.267 e. The third-order valence-corrected chi connectivity index (χ3v) is 20.6. The maximum Gasteiger partial charge on any atom is 0.267 e. The lowest BCUT2D eigenvalue weighted by Crippen LogP contribution is -2.55. The molecule has 4 amide bonds. The average Bonchev–Trinajstić information content (AvgIpc) is 1.49. The van der Waals surface area contributed by atoms with Crippen molar-refractivity contribution in [3.63, 3.8) is 0 Å². The van der Waals surface area contributed by atoms with Crippen molar-refractivity contribution in [2.24, 2.45) is 0 Å². The number of fused-ring (bicyclic) bond motifs is 4. The fourth-order valence-electron chi connectivity index (χ4n) is 14.3. The number of carbonyl (C=O) groups is 4. The standard InChI is InChI=1S/4C17H21N2O7P.4CH3/c4*1-17(2)16(24-10-25-27(21,22)23)15(19-7-3-4-14(19)20)12-8-11(9-18)5-6-13(12)26-17;;;;/h4*5-6,8,15-16H,3-4,7,10H2,1-2H3,(H2,21,22,23);4*1H3/q;;;;4*+1/p-4/t2*15-,16+;2*15-,16-;;;;/m1010..../s1. The van der Waals surface area contributed by atoms with Crippen LogP contribution in [0.3, 0.4) is 0 Å². The molecule has 12 atom stereocenters. The lowest BCUT2D eigenvalue weighted by atomic mass is 9.85. The second-order valence-electron chi connectivity index (χ2n) is 28.0. The third-order valence-electron chi connectivity index (χ3n) is 18.8. The number of likely N-dealkylation sites (tertiary alicyclic amines) is 4. The quantitative estimate of drug-likeness (QED) is 0.0408. The highest BCUT2D eigenvalue weighted by molar-refractivity contribution is 7.45. The summed E-state index contributed by atoms with van der Waals surface area (Å²) in [6.45, 7) is 13.2. The van der Waals surface area contributed by atoms with Gasteiger partial charge in [-0.2, -0.15) is 21.0 Å². The Morgan fingerprint density at radius 2 is 0.554 bits per heavy atom. The molecule has 4 saturated heterocycles. The first-order chi connectivity index (χ1) is 50.5. The van der Waals surface area contributed by atoms with Crippen LogP contribution in [0.25, 0.3) is 0 Å². The number of hydrogen-bond acceptors (Lipinski definition) is 28. The molecule has 0 radical (unpaired) electrons. The van der Waals surface area contributed by atoms with E-state index in [4.69, 9.17) is 57.5 Å². The van der Waals surface area contributed by atoms with Crippen LogP contribution in [0.1, 0.15) is 175 Å². The summed E-state index contributed by atoms with van der Waals surface area (Å²) in [4.78, 5) is 135. The zero-order valence-electron chi connectivity index (χ0n) is 63.8. The number of phosphoric acid groups is 4. The van der Waals surface area contributed by atoms with E-state index in [2.05, 4.69) is 42.4 Å². The molecule has 0 aromatic heterocycles. The van der Waals surface area contributed by atoms with Crippen molar-refractivity contribution in [2.45, 2.75) is 178 Å². The minimum absolute atomic E-state index is 0. The molecule has 8 aliphatic rings. The second-order valence-corrected chi connectivity index (χ2v) is 32.8. The van der Waals surface area contributed by atoms with E-state index in [1.54, 1.807) is 148 Å². The van der Waals surface area contributed by atoms with Gasteiger partial charge >= 0.3 is 0 Å². The summed E-state index contributed by atoms with van der Waals surface area (Å²) < 4.78 is 107. The summed E-state index contributed by atoms with van der Waals surface area (Å²) in [5.41, 5.74) is 0.357. The van der Waals surface area contributed by atoms with E-state index in [1.807, 2.05) is 0 Å². The fraction of sp³-hybridized carbons (Fsp3) is 0.500. The first kappa shape index (κ1) is 94.3. The molecule has 0 bridgehead atoms. The van der Waals surface area contributed by atoms with Crippen LogP contribution in [0.15, 0.2) is 72.8 Å². The summed E-state index contributed by atoms with van der Waals surface area (Å²) in [5, 5.41) is 36.9. The van der Waals surface area contributed by atoms with Crippen LogP contribution in [-0.2, 0) is 74.5 Å². The van der Waals surface area contributed by atoms with Gasteiger partial charge in [-0.05, 0) is 154 Å². The van der Waals surface area contributed by atoms with Gasteiger partial charge in [0.25, 0.3) is 31.3 Å². The lowest BCUT2D eigenvalue weighted by Gasteiger charge is -2.47. The van der Waals surface area contributed by atoms with Crippen molar-refractivity contribution in [2.75, 3.05) is 53.4 Å². The van der Waals surface area contributed by atoms with E-state index in [0.29, 0.717) is 145 Å². The van der Waals surface area contributed by atoms with Crippen LogP contribution >= 0.6 is 31.3 Å². The molecule has 40 heteroatoms. The largest absolute Gasteiger partial charge is 0.756 e. The Morgan fingerprint density at radius 3 is 0.696 bits per heavy atom. The Kier molecular flexibility index (Phi) is 31.8. The molecule has 36 nitrogen and oxygen atoms in total. The van der Waals surface area contributed by atoms with Crippen molar-refractivity contribution in [1.82, 2.24) is 19.6 Å². The van der Waals surface area contributed by atoms with E-state index in [9.17, 15) is 78.1 Å². The number of phosphoric ester groups is 4. The minimum Gasteiger partial charge on any atom is -0.756 e. The van der Waals surface area contributed by atoms with Crippen LogP contribution in [0.5, 0.6) is 23.0 Å². The number of nitriles is 4. The predicted octanol–water partition coefficient (Wildman–Crippen LogP) is 6.65. The second kappa shape index (κ2) is 37.8. The fourth-order valence-corrected chi connectivity index (χ4v) is 15.1. The molecule has 0 spiro atoms. The van der Waals surface area contributed by atoms with E-state index < -0.39 is 129 Å². The van der Waals surface area contributed by atoms with Crippen molar-refractivity contribution >= 4 is 54.9 Å². The number of nitrogens with zero attached hydrogens (tertiary/aromatic N) is 8. The van der Waals surface area contributed by atoms with Gasteiger partial charge in [0.1, 0.15) is 69.8 Å². The normalized spacial score (nSPS) is 25.1. The van der Waals surface area contributed by atoms with Crippen LogP contribution in [0.4, 0.5) is 0 Å². The molecule has 608 valence electrons. The molecule has 8 heterocycles. The molecular formula is C72H92N8O28P4. The van der Waals surface area contributed by atoms with E-state index in [0.717, 1.165) is 0 Å². The average molecular weight is 1640 g/mol. The molecule has 112 heavy (non-hydrogen) atoms. The first-order valence-electron chi connectivity index (χ1n) is 33.8. The minimum atomic E-state index is -4.95. The molecule has 4 aromatic carbocycles. The molecular weight excluding hydrogens is 1550 g/mol. The monoisotopic (exact) mass is 1640 g/mol. The molecule has 12 rings (SSSR count).